The topological polar surface area (TPSA) is 30.7 Å². The Labute approximate surface area is 137 Å². The Balaban J connectivity index is 1.93. The zero-order valence-corrected chi connectivity index (χ0v) is 13.8. The summed E-state index contributed by atoms with van der Waals surface area (Å²) in [6.45, 7) is 0.862. The molecule has 2 aromatic heterocycles. The van der Waals surface area contributed by atoms with Gasteiger partial charge in [0, 0.05) is 41.6 Å². The molecule has 108 valence electrons. The van der Waals surface area contributed by atoms with Crippen LogP contribution in [0.25, 0.3) is 11.0 Å². The van der Waals surface area contributed by atoms with Crippen LogP contribution in [0.3, 0.4) is 0 Å². The van der Waals surface area contributed by atoms with E-state index in [1.807, 2.05) is 30.5 Å². The molecular formula is C16H15BrClN3. The van der Waals surface area contributed by atoms with Gasteiger partial charge in [-0.3, -0.25) is 4.98 Å². The molecule has 0 aliphatic rings. The van der Waals surface area contributed by atoms with Crippen molar-refractivity contribution in [3.05, 3.63) is 58.6 Å². The Kier molecular flexibility index (Phi) is 4.56. The minimum atomic E-state index is 0.577. The summed E-state index contributed by atoms with van der Waals surface area (Å²) < 4.78 is 3.29. The average molecular weight is 365 g/mol. The van der Waals surface area contributed by atoms with E-state index in [0.29, 0.717) is 5.88 Å². The van der Waals surface area contributed by atoms with Crippen LogP contribution in [0.4, 0.5) is 0 Å². The SMILES string of the molecule is ClCCc1nc2cc(Br)ccc2n1CCc1ccccn1. The maximum absolute atomic E-state index is 5.91. The van der Waals surface area contributed by atoms with E-state index >= 15 is 0 Å². The number of aryl methyl sites for hydroxylation is 3. The third kappa shape index (κ3) is 3.27. The van der Waals surface area contributed by atoms with Gasteiger partial charge in [0.05, 0.1) is 11.0 Å². The summed E-state index contributed by atoms with van der Waals surface area (Å²) in [7, 11) is 0. The molecule has 0 saturated carbocycles. The van der Waals surface area contributed by atoms with Gasteiger partial charge in [-0.05, 0) is 30.3 Å². The molecule has 0 amide bonds. The second-order valence-electron chi connectivity index (χ2n) is 4.82. The number of alkyl halides is 1. The summed E-state index contributed by atoms with van der Waals surface area (Å²) in [6.07, 6.45) is 3.49. The number of hydrogen-bond acceptors (Lipinski definition) is 2. The summed E-state index contributed by atoms with van der Waals surface area (Å²) in [5.74, 6) is 1.61. The quantitative estimate of drug-likeness (QED) is 0.635. The monoisotopic (exact) mass is 363 g/mol. The molecule has 0 aliphatic carbocycles. The zero-order chi connectivity index (χ0) is 14.7. The molecule has 0 bridgehead atoms. The smallest absolute Gasteiger partial charge is 0.111 e. The van der Waals surface area contributed by atoms with Crippen molar-refractivity contribution in [1.29, 1.82) is 0 Å². The molecule has 0 fully saturated rings. The van der Waals surface area contributed by atoms with E-state index in [2.05, 4.69) is 37.6 Å². The van der Waals surface area contributed by atoms with E-state index < -0.39 is 0 Å². The minimum Gasteiger partial charge on any atom is -0.328 e. The molecule has 0 unspecified atom stereocenters. The Morgan fingerprint density at radius 1 is 1.14 bits per heavy atom. The van der Waals surface area contributed by atoms with Crippen LogP contribution >= 0.6 is 27.5 Å². The molecule has 3 rings (SSSR count). The molecular weight excluding hydrogens is 350 g/mol. The van der Waals surface area contributed by atoms with Crippen LogP contribution in [-0.4, -0.2) is 20.4 Å². The fourth-order valence-electron chi connectivity index (χ4n) is 2.45. The predicted molar refractivity (Wildman–Crippen MR) is 89.8 cm³/mol. The maximum atomic E-state index is 5.91. The molecule has 0 N–H and O–H groups in total. The minimum absolute atomic E-state index is 0.577. The fraction of sp³-hybridized carbons (Fsp3) is 0.250. The summed E-state index contributed by atoms with van der Waals surface area (Å²) in [5.41, 5.74) is 3.24. The molecule has 1 aromatic carbocycles. The lowest BCUT2D eigenvalue weighted by Crippen LogP contribution is -2.07. The number of halogens is 2. The van der Waals surface area contributed by atoms with Crippen LogP contribution in [0.15, 0.2) is 47.1 Å². The Hall–Kier alpha value is -1.39. The molecule has 0 aliphatic heterocycles. The Morgan fingerprint density at radius 2 is 2.05 bits per heavy atom. The predicted octanol–water partition coefficient (Wildman–Crippen LogP) is 4.22. The van der Waals surface area contributed by atoms with Crippen LogP contribution < -0.4 is 0 Å². The fourth-order valence-corrected chi connectivity index (χ4v) is 2.97. The van der Waals surface area contributed by atoms with Gasteiger partial charge < -0.3 is 4.57 Å². The number of hydrogen-bond donors (Lipinski definition) is 0. The normalized spacial score (nSPS) is 11.1. The van der Waals surface area contributed by atoms with Crippen molar-refractivity contribution in [3.63, 3.8) is 0 Å². The third-order valence-corrected chi connectivity index (χ3v) is 4.11. The Morgan fingerprint density at radius 3 is 2.81 bits per heavy atom. The third-order valence-electron chi connectivity index (χ3n) is 3.43. The molecule has 0 radical (unpaired) electrons. The maximum Gasteiger partial charge on any atom is 0.111 e. The number of benzene rings is 1. The summed E-state index contributed by atoms with van der Waals surface area (Å²) in [5, 5.41) is 0. The molecule has 3 nitrogen and oxygen atoms in total. The van der Waals surface area contributed by atoms with E-state index in [-0.39, 0.29) is 0 Å². The second kappa shape index (κ2) is 6.58. The highest BCUT2D eigenvalue weighted by molar-refractivity contribution is 9.10. The number of pyridine rings is 1. The highest BCUT2D eigenvalue weighted by Crippen LogP contribution is 2.22. The molecule has 3 aromatic rings. The van der Waals surface area contributed by atoms with Gasteiger partial charge in [-0.1, -0.05) is 22.0 Å². The average Bonchev–Trinajstić information content (AvgIpc) is 2.83. The van der Waals surface area contributed by atoms with Gasteiger partial charge >= 0.3 is 0 Å². The van der Waals surface area contributed by atoms with Gasteiger partial charge in [0.25, 0.3) is 0 Å². The Bertz CT molecular complexity index is 740. The van der Waals surface area contributed by atoms with Gasteiger partial charge in [0.2, 0.25) is 0 Å². The van der Waals surface area contributed by atoms with Crippen molar-refractivity contribution in [2.24, 2.45) is 0 Å². The van der Waals surface area contributed by atoms with Crippen molar-refractivity contribution in [1.82, 2.24) is 14.5 Å². The van der Waals surface area contributed by atoms with Crippen LogP contribution in [0, 0.1) is 0 Å². The van der Waals surface area contributed by atoms with Gasteiger partial charge in [0.15, 0.2) is 0 Å². The van der Waals surface area contributed by atoms with Crippen molar-refractivity contribution >= 4 is 38.6 Å². The zero-order valence-electron chi connectivity index (χ0n) is 11.5. The standard InChI is InChI=1S/C16H15BrClN3/c17-12-4-5-15-14(11-12)20-16(6-8-18)21(15)10-7-13-3-1-2-9-19-13/h1-5,9,11H,6-8,10H2. The molecule has 0 spiro atoms. The van der Waals surface area contributed by atoms with Crippen LogP contribution in [0.2, 0.25) is 0 Å². The van der Waals surface area contributed by atoms with Gasteiger partial charge in [-0.2, -0.15) is 0 Å². The van der Waals surface area contributed by atoms with E-state index in [9.17, 15) is 0 Å². The van der Waals surface area contributed by atoms with Crippen molar-refractivity contribution in [2.45, 2.75) is 19.4 Å². The summed E-state index contributed by atoms with van der Waals surface area (Å²) in [6, 6.07) is 12.2. The van der Waals surface area contributed by atoms with Crippen molar-refractivity contribution < 1.29 is 0 Å². The molecule has 5 heteroatoms. The highest BCUT2D eigenvalue weighted by Gasteiger charge is 2.10. The largest absolute Gasteiger partial charge is 0.328 e. The lowest BCUT2D eigenvalue weighted by molar-refractivity contribution is 0.666. The van der Waals surface area contributed by atoms with E-state index in [1.165, 1.54) is 0 Å². The van der Waals surface area contributed by atoms with E-state index in [0.717, 1.165) is 46.4 Å². The second-order valence-corrected chi connectivity index (χ2v) is 6.12. The number of nitrogens with zero attached hydrogens (tertiary/aromatic N) is 3. The first kappa shape index (κ1) is 14.5. The van der Waals surface area contributed by atoms with Gasteiger partial charge in [0.1, 0.15) is 5.82 Å². The first-order valence-corrected chi connectivity index (χ1v) is 8.21. The summed E-state index contributed by atoms with van der Waals surface area (Å²) >= 11 is 9.40. The van der Waals surface area contributed by atoms with Gasteiger partial charge in [-0.25, -0.2) is 4.98 Å². The van der Waals surface area contributed by atoms with Crippen LogP contribution in [0.1, 0.15) is 11.5 Å². The molecule has 0 saturated heterocycles. The van der Waals surface area contributed by atoms with E-state index in [1.54, 1.807) is 0 Å². The molecule has 2 heterocycles. The summed E-state index contributed by atoms with van der Waals surface area (Å²) in [4.78, 5) is 9.08. The van der Waals surface area contributed by atoms with Crippen molar-refractivity contribution in [2.75, 3.05) is 5.88 Å². The number of imidazole rings is 1. The van der Waals surface area contributed by atoms with Gasteiger partial charge in [-0.15, -0.1) is 11.6 Å². The first-order valence-electron chi connectivity index (χ1n) is 6.88. The van der Waals surface area contributed by atoms with Crippen molar-refractivity contribution in [3.8, 4) is 0 Å². The van der Waals surface area contributed by atoms with Crippen LogP contribution in [-0.2, 0) is 19.4 Å². The number of fused-ring (bicyclic) bond motifs is 1. The molecule has 0 atom stereocenters. The first-order chi connectivity index (χ1) is 10.3. The lowest BCUT2D eigenvalue weighted by atomic mass is 10.2. The van der Waals surface area contributed by atoms with Crippen LogP contribution in [0.5, 0.6) is 0 Å². The lowest BCUT2D eigenvalue weighted by Gasteiger charge is -2.08. The number of rotatable bonds is 5. The highest BCUT2D eigenvalue weighted by atomic mass is 79.9. The van der Waals surface area contributed by atoms with E-state index in [4.69, 9.17) is 16.6 Å². The molecule has 21 heavy (non-hydrogen) atoms. The number of aromatic nitrogens is 3.